The maximum Gasteiger partial charge on any atom is 0.504 e. The Morgan fingerprint density at radius 3 is 2.03 bits per heavy atom. The fourth-order valence-electron chi connectivity index (χ4n) is 4.69. The number of hydrogen-bond donors (Lipinski definition) is 1. The molecule has 5 aromatic rings. The van der Waals surface area contributed by atoms with Crippen molar-refractivity contribution in [2.75, 3.05) is 0 Å². The van der Waals surface area contributed by atoms with E-state index in [0.29, 0.717) is 5.75 Å². The van der Waals surface area contributed by atoms with E-state index in [1.165, 1.54) is 44.2 Å². The zero-order chi connectivity index (χ0) is 19.4. The fourth-order valence-corrected chi connectivity index (χ4v) is 4.69. The van der Waals surface area contributed by atoms with E-state index in [9.17, 15) is 0 Å². The van der Waals surface area contributed by atoms with Crippen LogP contribution in [0.2, 0.25) is 0 Å². The van der Waals surface area contributed by atoms with Crippen molar-refractivity contribution >= 4 is 29.2 Å². The largest absolute Gasteiger partial charge is 0.539 e. The summed E-state index contributed by atoms with van der Waals surface area (Å²) in [5.41, 5.74) is 7.61. The van der Waals surface area contributed by atoms with Crippen molar-refractivity contribution < 1.29 is 9.68 Å². The van der Waals surface area contributed by atoms with Crippen molar-refractivity contribution in [2.24, 2.45) is 0 Å². The quantitative estimate of drug-likeness (QED) is 0.389. The molecule has 29 heavy (non-hydrogen) atoms. The average Bonchev–Trinajstić information content (AvgIpc) is 3.10. The summed E-state index contributed by atoms with van der Waals surface area (Å²) < 4.78 is 5.34. The van der Waals surface area contributed by atoms with Crippen LogP contribution in [-0.2, 0) is 0 Å². The molecule has 1 aliphatic rings. The van der Waals surface area contributed by atoms with Crippen LogP contribution in [0.1, 0.15) is 0 Å². The van der Waals surface area contributed by atoms with Crippen molar-refractivity contribution in [3.05, 3.63) is 91.0 Å². The molecule has 0 aliphatic heterocycles. The highest BCUT2D eigenvalue weighted by molar-refractivity contribution is 6.20. The van der Waals surface area contributed by atoms with Crippen molar-refractivity contribution in [3.8, 4) is 39.1 Å². The van der Waals surface area contributed by atoms with Gasteiger partial charge in [-0.2, -0.15) is 0 Å². The summed E-state index contributed by atoms with van der Waals surface area (Å²) in [5.74, 6) is 0.672. The first-order valence-electron chi connectivity index (χ1n) is 9.77. The Balaban J connectivity index is 1.67. The number of hydrogen-bond acceptors (Lipinski definition) is 2. The maximum atomic E-state index is 9.15. The van der Waals surface area contributed by atoms with Gasteiger partial charge < -0.3 is 9.68 Å². The molecule has 0 heterocycles. The zero-order valence-electron chi connectivity index (χ0n) is 15.7. The molecule has 1 N–H and O–H groups in total. The molecule has 6 rings (SSSR count). The standard InChI is InChI=1S/C26H17BO2/c28-27-29-17-12-11-16-5-3-8-20(25(16)15-17)21-13-14-24-19-7-2-1-6-18(19)22-9-4-10-23(21)26(22)24/h1-15,27-28H. The van der Waals surface area contributed by atoms with E-state index in [-0.39, 0.29) is 7.69 Å². The van der Waals surface area contributed by atoms with Crippen LogP contribution < -0.4 is 4.65 Å². The van der Waals surface area contributed by atoms with Gasteiger partial charge in [-0.15, -0.1) is 0 Å². The van der Waals surface area contributed by atoms with Crippen molar-refractivity contribution in [1.82, 2.24) is 0 Å². The van der Waals surface area contributed by atoms with Gasteiger partial charge in [0.15, 0.2) is 0 Å². The lowest BCUT2D eigenvalue weighted by Crippen LogP contribution is -1.99. The SMILES string of the molecule is OBOc1ccc2cccc(-c3ccc4c5c(cccc35)-c3ccccc3-4)c2c1. The first-order chi connectivity index (χ1) is 14.3. The Morgan fingerprint density at radius 1 is 0.552 bits per heavy atom. The highest BCUT2D eigenvalue weighted by atomic mass is 16.5. The minimum Gasteiger partial charge on any atom is -0.539 e. The average molecular weight is 372 g/mol. The van der Waals surface area contributed by atoms with Gasteiger partial charge in [0.1, 0.15) is 5.75 Å². The van der Waals surface area contributed by atoms with Crippen LogP contribution in [0.5, 0.6) is 5.75 Å². The van der Waals surface area contributed by atoms with Crippen LogP contribution in [0.4, 0.5) is 0 Å². The van der Waals surface area contributed by atoms with Gasteiger partial charge in [0, 0.05) is 0 Å². The van der Waals surface area contributed by atoms with Crippen molar-refractivity contribution in [1.29, 1.82) is 0 Å². The summed E-state index contributed by atoms with van der Waals surface area (Å²) in [6.45, 7) is 0. The Morgan fingerprint density at radius 2 is 1.21 bits per heavy atom. The normalized spacial score (nSPS) is 11.6. The molecular weight excluding hydrogens is 355 g/mol. The molecule has 0 saturated heterocycles. The van der Waals surface area contributed by atoms with Crippen molar-refractivity contribution in [3.63, 3.8) is 0 Å². The topological polar surface area (TPSA) is 29.5 Å². The smallest absolute Gasteiger partial charge is 0.504 e. The summed E-state index contributed by atoms with van der Waals surface area (Å²) in [7, 11) is -0.326. The second-order valence-corrected chi connectivity index (χ2v) is 7.40. The van der Waals surface area contributed by atoms with E-state index in [0.717, 1.165) is 10.8 Å². The number of benzene rings is 5. The van der Waals surface area contributed by atoms with Gasteiger partial charge in [-0.25, -0.2) is 0 Å². The van der Waals surface area contributed by atoms with Crippen LogP contribution >= 0.6 is 0 Å². The molecule has 0 spiro atoms. The summed E-state index contributed by atoms with van der Waals surface area (Å²) >= 11 is 0. The highest BCUT2D eigenvalue weighted by Gasteiger charge is 2.22. The number of fused-ring (bicyclic) bond motifs is 4. The molecule has 2 nitrogen and oxygen atoms in total. The summed E-state index contributed by atoms with van der Waals surface area (Å²) in [4.78, 5) is 0. The second kappa shape index (κ2) is 6.23. The van der Waals surface area contributed by atoms with Gasteiger partial charge in [0.05, 0.1) is 0 Å². The first-order valence-corrected chi connectivity index (χ1v) is 9.77. The molecular formula is C26H17BO2. The molecule has 3 heteroatoms. The summed E-state index contributed by atoms with van der Waals surface area (Å²) in [5, 5.41) is 14.0. The Bertz CT molecular complexity index is 1390. The summed E-state index contributed by atoms with van der Waals surface area (Å²) in [6.07, 6.45) is 0. The molecule has 136 valence electrons. The molecule has 0 atom stereocenters. The lowest BCUT2D eigenvalue weighted by Gasteiger charge is -2.13. The van der Waals surface area contributed by atoms with Gasteiger partial charge in [-0.1, -0.05) is 78.9 Å². The van der Waals surface area contributed by atoms with Crippen LogP contribution in [-0.4, -0.2) is 12.7 Å². The van der Waals surface area contributed by atoms with E-state index in [4.69, 9.17) is 9.68 Å². The van der Waals surface area contributed by atoms with E-state index in [1.807, 2.05) is 18.2 Å². The molecule has 1 aliphatic carbocycles. The van der Waals surface area contributed by atoms with Crippen LogP contribution in [0.25, 0.3) is 54.9 Å². The first kappa shape index (κ1) is 16.4. The van der Waals surface area contributed by atoms with Gasteiger partial charge in [0.25, 0.3) is 0 Å². The van der Waals surface area contributed by atoms with Gasteiger partial charge in [-0.3, -0.25) is 0 Å². The molecule has 0 aromatic heterocycles. The molecule has 0 saturated carbocycles. The van der Waals surface area contributed by atoms with Gasteiger partial charge in [0.2, 0.25) is 0 Å². The Labute approximate surface area is 169 Å². The lowest BCUT2D eigenvalue weighted by atomic mass is 9.91. The summed E-state index contributed by atoms with van der Waals surface area (Å²) in [6, 6.07) is 32.0. The highest BCUT2D eigenvalue weighted by Crippen LogP contribution is 2.49. The fraction of sp³-hybridized carbons (Fsp3) is 0. The minimum atomic E-state index is -0.326. The van der Waals surface area contributed by atoms with E-state index in [1.54, 1.807) is 0 Å². The second-order valence-electron chi connectivity index (χ2n) is 7.40. The number of rotatable bonds is 3. The predicted octanol–water partition coefficient (Wildman–Crippen LogP) is 5.95. The maximum absolute atomic E-state index is 9.15. The lowest BCUT2D eigenvalue weighted by molar-refractivity contribution is 0.454. The third kappa shape index (κ3) is 2.35. The van der Waals surface area contributed by atoms with Crippen LogP contribution in [0.15, 0.2) is 91.0 Å². The van der Waals surface area contributed by atoms with E-state index < -0.39 is 0 Å². The van der Waals surface area contributed by atoms with Crippen LogP contribution in [0, 0.1) is 0 Å². The van der Waals surface area contributed by atoms with E-state index >= 15 is 0 Å². The minimum absolute atomic E-state index is 0.326. The van der Waals surface area contributed by atoms with Gasteiger partial charge in [-0.05, 0) is 67.1 Å². The molecule has 0 unspecified atom stereocenters. The third-order valence-corrected chi connectivity index (χ3v) is 5.92. The molecule has 5 aromatic carbocycles. The third-order valence-electron chi connectivity index (χ3n) is 5.92. The Hall–Kier alpha value is -3.56. The van der Waals surface area contributed by atoms with Crippen LogP contribution in [0.3, 0.4) is 0 Å². The van der Waals surface area contributed by atoms with E-state index in [2.05, 4.69) is 72.8 Å². The zero-order valence-corrected chi connectivity index (χ0v) is 15.7. The van der Waals surface area contributed by atoms with Crippen molar-refractivity contribution in [2.45, 2.75) is 0 Å². The molecule has 0 amide bonds. The molecule has 0 radical (unpaired) electrons. The monoisotopic (exact) mass is 372 g/mol. The molecule has 0 fully saturated rings. The molecule has 0 bridgehead atoms. The Kier molecular flexibility index (Phi) is 3.52. The predicted molar refractivity (Wildman–Crippen MR) is 121 cm³/mol. The van der Waals surface area contributed by atoms with Gasteiger partial charge >= 0.3 is 7.69 Å².